The molecule has 0 unspecified atom stereocenters. The van der Waals surface area contributed by atoms with E-state index in [2.05, 4.69) is 4.98 Å². The molecule has 5 heteroatoms. The molecular formula is C8H5F3N2. The third-order valence-electron chi connectivity index (χ3n) is 1.49. The molecule has 1 rings (SSSR count). The van der Waals surface area contributed by atoms with Crippen molar-refractivity contribution in [3.8, 4) is 6.07 Å². The fourth-order valence-electron chi connectivity index (χ4n) is 0.918. The van der Waals surface area contributed by atoms with Crippen molar-refractivity contribution in [2.24, 2.45) is 0 Å². The van der Waals surface area contributed by atoms with E-state index in [0.717, 1.165) is 6.20 Å². The fraction of sp³-hybridized carbons (Fsp3) is 0.250. The molecule has 0 aliphatic heterocycles. The molecule has 2 nitrogen and oxygen atoms in total. The van der Waals surface area contributed by atoms with Gasteiger partial charge in [-0.2, -0.15) is 18.4 Å². The largest absolute Gasteiger partial charge is 0.418 e. The minimum atomic E-state index is -4.43. The fourth-order valence-corrected chi connectivity index (χ4v) is 0.918. The molecule has 1 heterocycles. The van der Waals surface area contributed by atoms with Crippen LogP contribution in [0, 0.1) is 11.3 Å². The van der Waals surface area contributed by atoms with E-state index in [9.17, 15) is 13.2 Å². The van der Waals surface area contributed by atoms with Gasteiger partial charge in [-0.15, -0.1) is 0 Å². The molecule has 0 N–H and O–H groups in total. The number of halogens is 3. The molecule has 0 aromatic carbocycles. The highest BCUT2D eigenvalue weighted by Gasteiger charge is 2.33. The predicted octanol–water partition coefficient (Wildman–Crippen LogP) is 2.17. The van der Waals surface area contributed by atoms with E-state index in [4.69, 9.17) is 5.26 Å². The van der Waals surface area contributed by atoms with Crippen molar-refractivity contribution in [2.45, 2.75) is 12.6 Å². The average Bonchev–Trinajstić information content (AvgIpc) is 2.04. The Balaban J connectivity index is 3.14. The molecule has 1 aromatic heterocycles. The van der Waals surface area contributed by atoms with Crippen LogP contribution in [0.4, 0.5) is 13.2 Å². The van der Waals surface area contributed by atoms with Gasteiger partial charge in [0.15, 0.2) is 0 Å². The van der Waals surface area contributed by atoms with Gasteiger partial charge < -0.3 is 0 Å². The van der Waals surface area contributed by atoms with Gasteiger partial charge in [-0.1, -0.05) is 0 Å². The van der Waals surface area contributed by atoms with Crippen LogP contribution in [0.1, 0.15) is 11.1 Å². The van der Waals surface area contributed by atoms with Gasteiger partial charge in [-0.05, 0) is 11.6 Å². The van der Waals surface area contributed by atoms with Gasteiger partial charge in [0, 0.05) is 12.4 Å². The summed E-state index contributed by atoms with van der Waals surface area (Å²) in [6, 6.07) is 2.87. The molecule has 0 aliphatic carbocycles. The Morgan fingerprint density at radius 2 is 2.15 bits per heavy atom. The Bertz CT molecular complexity index is 338. The summed E-state index contributed by atoms with van der Waals surface area (Å²) in [6.45, 7) is 0. The van der Waals surface area contributed by atoms with E-state index in [1.807, 2.05) is 0 Å². The number of hydrogen-bond donors (Lipinski definition) is 0. The van der Waals surface area contributed by atoms with Crippen molar-refractivity contribution >= 4 is 0 Å². The summed E-state index contributed by atoms with van der Waals surface area (Å²) in [5.41, 5.74) is -0.874. The second-order valence-corrected chi connectivity index (χ2v) is 2.37. The first-order valence-electron chi connectivity index (χ1n) is 3.42. The monoisotopic (exact) mass is 186 g/mol. The van der Waals surface area contributed by atoms with Gasteiger partial charge >= 0.3 is 6.18 Å². The van der Waals surface area contributed by atoms with Crippen LogP contribution in [-0.4, -0.2) is 4.98 Å². The van der Waals surface area contributed by atoms with E-state index in [1.165, 1.54) is 12.3 Å². The zero-order valence-corrected chi connectivity index (χ0v) is 6.47. The molecule has 68 valence electrons. The Labute approximate surface area is 72.6 Å². The van der Waals surface area contributed by atoms with Crippen molar-refractivity contribution in [3.63, 3.8) is 0 Å². The van der Waals surface area contributed by atoms with Gasteiger partial charge in [0.2, 0.25) is 0 Å². The second-order valence-electron chi connectivity index (χ2n) is 2.37. The third-order valence-corrected chi connectivity index (χ3v) is 1.49. The molecule has 0 bridgehead atoms. The summed E-state index contributed by atoms with van der Waals surface area (Å²) < 4.78 is 36.7. The van der Waals surface area contributed by atoms with E-state index < -0.39 is 11.7 Å². The predicted molar refractivity (Wildman–Crippen MR) is 38.6 cm³/mol. The maximum Gasteiger partial charge on any atom is 0.418 e. The van der Waals surface area contributed by atoms with Crippen LogP contribution in [0.5, 0.6) is 0 Å². The Morgan fingerprint density at radius 3 is 2.69 bits per heavy atom. The molecule has 13 heavy (non-hydrogen) atoms. The number of hydrogen-bond acceptors (Lipinski definition) is 2. The van der Waals surface area contributed by atoms with Gasteiger partial charge in [0.25, 0.3) is 0 Å². The summed E-state index contributed by atoms with van der Waals surface area (Å²) in [5, 5.41) is 8.27. The van der Waals surface area contributed by atoms with Crippen LogP contribution in [-0.2, 0) is 12.6 Å². The second kappa shape index (κ2) is 3.44. The molecule has 0 spiro atoms. The van der Waals surface area contributed by atoms with Gasteiger partial charge in [0.05, 0.1) is 18.1 Å². The molecule has 0 atom stereocenters. The number of nitriles is 1. The lowest BCUT2D eigenvalue weighted by molar-refractivity contribution is -0.138. The van der Waals surface area contributed by atoms with Crippen LogP contribution in [0.25, 0.3) is 0 Å². The standard InChI is InChI=1S/C8H5F3N2/c9-8(10,11)7-5-13-4-2-6(7)1-3-12/h2,4-5H,1H2. The first kappa shape index (κ1) is 9.52. The molecule has 1 aromatic rings. The van der Waals surface area contributed by atoms with E-state index in [1.54, 1.807) is 6.07 Å². The SMILES string of the molecule is N#CCc1ccncc1C(F)(F)F. The molecule has 0 fully saturated rings. The number of pyridine rings is 1. The maximum atomic E-state index is 12.2. The Hall–Kier alpha value is -1.57. The topological polar surface area (TPSA) is 36.7 Å². The van der Waals surface area contributed by atoms with E-state index in [-0.39, 0.29) is 12.0 Å². The van der Waals surface area contributed by atoms with Crippen LogP contribution in [0.15, 0.2) is 18.5 Å². The molecule has 0 amide bonds. The molecule has 0 aliphatic rings. The number of rotatable bonds is 1. The summed E-state index contributed by atoms with van der Waals surface area (Å²) in [4.78, 5) is 3.36. The molecule has 0 radical (unpaired) electrons. The van der Waals surface area contributed by atoms with Gasteiger partial charge in [0.1, 0.15) is 0 Å². The van der Waals surface area contributed by atoms with Crippen molar-refractivity contribution in [2.75, 3.05) is 0 Å². The number of aromatic nitrogens is 1. The summed E-state index contributed by atoms with van der Waals surface area (Å²) in [6.07, 6.45) is -2.72. The zero-order valence-electron chi connectivity index (χ0n) is 6.47. The number of nitrogens with zero attached hydrogens (tertiary/aromatic N) is 2. The third kappa shape index (κ3) is 2.18. The van der Waals surface area contributed by atoms with Crippen LogP contribution in [0.2, 0.25) is 0 Å². The van der Waals surface area contributed by atoms with E-state index >= 15 is 0 Å². The van der Waals surface area contributed by atoms with Crippen LogP contribution in [0.3, 0.4) is 0 Å². The quantitative estimate of drug-likeness (QED) is 0.673. The number of alkyl halides is 3. The minimum absolute atomic E-state index is 0.0370. The highest BCUT2D eigenvalue weighted by Crippen LogP contribution is 2.31. The van der Waals surface area contributed by atoms with Crippen molar-refractivity contribution in [1.29, 1.82) is 5.26 Å². The van der Waals surface area contributed by atoms with Crippen molar-refractivity contribution in [3.05, 3.63) is 29.6 Å². The Morgan fingerprint density at radius 1 is 1.46 bits per heavy atom. The first-order valence-corrected chi connectivity index (χ1v) is 3.42. The lowest BCUT2D eigenvalue weighted by Crippen LogP contribution is -2.09. The smallest absolute Gasteiger partial charge is 0.264 e. The lowest BCUT2D eigenvalue weighted by Gasteiger charge is -2.08. The highest BCUT2D eigenvalue weighted by molar-refractivity contribution is 5.28. The average molecular weight is 186 g/mol. The van der Waals surface area contributed by atoms with E-state index in [0.29, 0.717) is 0 Å². The molecule has 0 saturated carbocycles. The van der Waals surface area contributed by atoms with Crippen LogP contribution < -0.4 is 0 Å². The van der Waals surface area contributed by atoms with Crippen molar-refractivity contribution < 1.29 is 13.2 Å². The van der Waals surface area contributed by atoms with Crippen LogP contribution >= 0.6 is 0 Å². The van der Waals surface area contributed by atoms with Crippen molar-refractivity contribution in [1.82, 2.24) is 4.98 Å². The highest BCUT2D eigenvalue weighted by atomic mass is 19.4. The van der Waals surface area contributed by atoms with Gasteiger partial charge in [-0.3, -0.25) is 4.98 Å². The summed E-state index contributed by atoms with van der Waals surface area (Å²) >= 11 is 0. The summed E-state index contributed by atoms with van der Waals surface area (Å²) in [5.74, 6) is 0. The zero-order chi connectivity index (χ0) is 9.90. The Kier molecular flexibility index (Phi) is 2.52. The van der Waals surface area contributed by atoms with Gasteiger partial charge in [-0.25, -0.2) is 0 Å². The molecular weight excluding hydrogens is 181 g/mol. The lowest BCUT2D eigenvalue weighted by atomic mass is 10.1. The first-order chi connectivity index (χ1) is 6.05. The normalized spacial score (nSPS) is 10.9. The molecule has 0 saturated heterocycles. The minimum Gasteiger partial charge on any atom is -0.264 e. The summed E-state index contributed by atoms with van der Waals surface area (Å²) in [7, 11) is 0. The maximum absolute atomic E-state index is 12.2.